The van der Waals surface area contributed by atoms with Gasteiger partial charge in [-0.3, -0.25) is 14.9 Å². The predicted molar refractivity (Wildman–Crippen MR) is 128 cm³/mol. The molecular formula is C28H27FN2O3. The molecule has 2 aliphatic heterocycles. The number of Topliss-reactive ketones (excluding diaryl/α,β-unsaturated/α-hetero) is 1. The van der Waals surface area contributed by atoms with Crippen LogP contribution in [0.25, 0.3) is 0 Å². The molecule has 3 N–H and O–H groups in total. The second kappa shape index (κ2) is 8.37. The molecule has 174 valence electrons. The summed E-state index contributed by atoms with van der Waals surface area (Å²) in [5.74, 6) is -1.67. The zero-order valence-corrected chi connectivity index (χ0v) is 19.1. The van der Waals surface area contributed by atoms with Crippen molar-refractivity contribution in [2.75, 3.05) is 5.32 Å². The number of benzene rings is 3. The molecule has 3 aromatic rings. The highest BCUT2D eigenvalue weighted by atomic mass is 19.1. The number of rotatable bonds is 5. The number of halogens is 1. The second-order valence-electron chi connectivity index (χ2n) is 9.33. The Morgan fingerprint density at radius 1 is 1.06 bits per heavy atom. The van der Waals surface area contributed by atoms with Crippen molar-refractivity contribution in [2.45, 2.75) is 37.8 Å². The quantitative estimate of drug-likeness (QED) is 0.471. The van der Waals surface area contributed by atoms with Gasteiger partial charge < -0.3 is 10.4 Å². The topological polar surface area (TPSA) is 78.4 Å². The number of hydrogen-bond acceptors (Lipinski definition) is 4. The number of nitrogens with one attached hydrogen (secondary N) is 2. The Balaban J connectivity index is 1.75. The molecule has 2 aliphatic rings. The van der Waals surface area contributed by atoms with Crippen LogP contribution in [-0.4, -0.2) is 22.8 Å². The molecule has 5 nitrogen and oxygen atoms in total. The van der Waals surface area contributed by atoms with Gasteiger partial charge in [0.2, 0.25) is 5.91 Å². The van der Waals surface area contributed by atoms with Crippen LogP contribution >= 0.6 is 0 Å². The highest BCUT2D eigenvalue weighted by molar-refractivity contribution is 6.09. The van der Waals surface area contributed by atoms with Crippen molar-refractivity contribution in [1.82, 2.24) is 5.32 Å². The maximum absolute atomic E-state index is 14.1. The number of fused-ring (bicyclic) bond motifs is 2. The van der Waals surface area contributed by atoms with Crippen LogP contribution in [-0.2, 0) is 10.3 Å². The summed E-state index contributed by atoms with van der Waals surface area (Å²) < 4.78 is 13.9. The van der Waals surface area contributed by atoms with Crippen LogP contribution in [0.5, 0.6) is 5.75 Å². The smallest absolute Gasteiger partial charge is 0.250 e. The standard InChI is InChI=1S/C28H27FN2O3/c1-3-16(2)25-23(26(33)18-10-14-20(32)15-11-18)24(17-8-12-19(29)13-9-17)28(31-25)21-6-4-5-7-22(21)30-27(28)34/h4-16,23-25,31-32H,3H2,1-2H3,(H,30,34)/t16?,23-,24-,25-,28+/m0/s1. The van der Waals surface area contributed by atoms with Crippen LogP contribution in [0.4, 0.5) is 10.1 Å². The van der Waals surface area contributed by atoms with E-state index in [1.165, 1.54) is 24.3 Å². The van der Waals surface area contributed by atoms with Gasteiger partial charge in [0.1, 0.15) is 17.1 Å². The van der Waals surface area contributed by atoms with Gasteiger partial charge >= 0.3 is 0 Å². The van der Waals surface area contributed by atoms with Gasteiger partial charge in [-0.2, -0.15) is 0 Å². The number of phenolic OH excluding ortho intramolecular Hbond substituents is 1. The van der Waals surface area contributed by atoms with Gasteiger partial charge in [-0.05, 0) is 53.9 Å². The Morgan fingerprint density at radius 2 is 1.74 bits per heavy atom. The van der Waals surface area contributed by atoms with E-state index in [-0.39, 0.29) is 35.2 Å². The average Bonchev–Trinajstić information content (AvgIpc) is 3.35. The van der Waals surface area contributed by atoms with Gasteiger partial charge in [0, 0.05) is 34.7 Å². The first kappa shape index (κ1) is 22.3. The first-order valence-corrected chi connectivity index (χ1v) is 11.6. The van der Waals surface area contributed by atoms with Gasteiger partial charge in [0.25, 0.3) is 0 Å². The zero-order chi connectivity index (χ0) is 24.0. The Labute approximate surface area is 198 Å². The molecule has 5 rings (SSSR count). The van der Waals surface area contributed by atoms with Crippen LogP contribution in [0, 0.1) is 17.7 Å². The second-order valence-corrected chi connectivity index (χ2v) is 9.33. The first-order chi connectivity index (χ1) is 16.4. The fourth-order valence-corrected chi connectivity index (χ4v) is 5.66. The lowest BCUT2D eigenvalue weighted by Gasteiger charge is -2.32. The number of carbonyl (C=O) groups is 2. The summed E-state index contributed by atoms with van der Waals surface area (Å²) in [6.07, 6.45) is 0.812. The minimum atomic E-state index is -1.17. The molecule has 0 saturated carbocycles. The van der Waals surface area contributed by atoms with Gasteiger partial charge in [-0.15, -0.1) is 0 Å². The van der Waals surface area contributed by atoms with Crippen molar-refractivity contribution in [3.05, 3.63) is 95.3 Å². The molecule has 1 fully saturated rings. The molecule has 0 aliphatic carbocycles. The maximum atomic E-state index is 14.1. The molecule has 1 spiro atoms. The summed E-state index contributed by atoms with van der Waals surface area (Å²) in [5.41, 5.74) is 1.54. The molecule has 0 radical (unpaired) electrons. The SMILES string of the molecule is CCC(C)[C@@H]1N[C@@]2(C(=O)Nc3ccccc32)[C@@H](c2ccc(F)cc2)[C@@H]1C(=O)c1ccc(O)cc1. The van der Waals surface area contributed by atoms with Crippen LogP contribution in [0.2, 0.25) is 0 Å². The van der Waals surface area contributed by atoms with E-state index in [9.17, 15) is 19.1 Å². The van der Waals surface area contributed by atoms with Gasteiger partial charge in [-0.1, -0.05) is 50.6 Å². The van der Waals surface area contributed by atoms with Crippen molar-refractivity contribution < 1.29 is 19.1 Å². The van der Waals surface area contributed by atoms with Crippen molar-refractivity contribution in [1.29, 1.82) is 0 Å². The lowest BCUT2D eigenvalue weighted by molar-refractivity contribution is -0.122. The summed E-state index contributed by atoms with van der Waals surface area (Å²) in [5, 5.41) is 16.4. The number of carbonyl (C=O) groups excluding carboxylic acids is 2. The molecule has 0 bridgehead atoms. The maximum Gasteiger partial charge on any atom is 0.250 e. The number of amides is 1. The summed E-state index contributed by atoms with van der Waals surface area (Å²) in [6.45, 7) is 4.14. The Hall–Kier alpha value is -3.51. The lowest BCUT2D eigenvalue weighted by Crippen LogP contribution is -2.49. The van der Waals surface area contributed by atoms with Crippen molar-refractivity contribution in [3.63, 3.8) is 0 Å². The molecule has 34 heavy (non-hydrogen) atoms. The number of ketones is 1. The molecule has 1 saturated heterocycles. The predicted octanol–water partition coefficient (Wildman–Crippen LogP) is 4.98. The summed E-state index contributed by atoms with van der Waals surface area (Å²) in [4.78, 5) is 27.8. The summed E-state index contributed by atoms with van der Waals surface area (Å²) >= 11 is 0. The Kier molecular flexibility index (Phi) is 5.48. The third-order valence-electron chi connectivity index (χ3n) is 7.51. The minimum absolute atomic E-state index is 0.0789. The van der Waals surface area contributed by atoms with Crippen LogP contribution in [0.15, 0.2) is 72.8 Å². The minimum Gasteiger partial charge on any atom is -0.508 e. The highest BCUT2D eigenvalue weighted by Crippen LogP contribution is 2.55. The van der Waals surface area contributed by atoms with Crippen LogP contribution < -0.4 is 10.6 Å². The number of aromatic hydroxyl groups is 1. The molecule has 1 unspecified atom stereocenters. The largest absolute Gasteiger partial charge is 0.508 e. The molecular weight excluding hydrogens is 431 g/mol. The van der Waals surface area contributed by atoms with E-state index in [0.29, 0.717) is 11.3 Å². The van der Waals surface area contributed by atoms with Crippen LogP contribution in [0.1, 0.15) is 47.7 Å². The zero-order valence-electron chi connectivity index (χ0n) is 19.1. The van der Waals surface area contributed by atoms with E-state index >= 15 is 0 Å². The van der Waals surface area contributed by atoms with E-state index in [1.54, 1.807) is 24.3 Å². The molecule has 2 heterocycles. The van der Waals surface area contributed by atoms with Crippen molar-refractivity contribution in [3.8, 4) is 5.75 Å². The third-order valence-corrected chi connectivity index (χ3v) is 7.51. The average molecular weight is 459 g/mol. The van der Waals surface area contributed by atoms with E-state index in [4.69, 9.17) is 0 Å². The fraction of sp³-hybridized carbons (Fsp3) is 0.286. The van der Waals surface area contributed by atoms with Gasteiger partial charge in [-0.25, -0.2) is 4.39 Å². The normalized spacial score (nSPS) is 26.3. The monoisotopic (exact) mass is 458 g/mol. The molecule has 1 amide bonds. The fourth-order valence-electron chi connectivity index (χ4n) is 5.66. The summed E-state index contributed by atoms with van der Waals surface area (Å²) in [7, 11) is 0. The van der Waals surface area contributed by atoms with Crippen molar-refractivity contribution >= 4 is 17.4 Å². The molecule has 3 aromatic carbocycles. The van der Waals surface area contributed by atoms with Crippen LogP contribution in [0.3, 0.4) is 0 Å². The lowest BCUT2D eigenvalue weighted by atomic mass is 9.68. The third kappa shape index (κ3) is 3.32. The van der Waals surface area contributed by atoms with E-state index in [0.717, 1.165) is 17.5 Å². The molecule has 0 aromatic heterocycles. The molecule has 5 atom stereocenters. The Morgan fingerprint density at radius 3 is 2.41 bits per heavy atom. The number of phenols is 1. The van der Waals surface area contributed by atoms with Gasteiger partial charge in [0.15, 0.2) is 5.78 Å². The van der Waals surface area contributed by atoms with Gasteiger partial charge in [0.05, 0.1) is 0 Å². The van der Waals surface area contributed by atoms with E-state index < -0.39 is 17.4 Å². The highest BCUT2D eigenvalue weighted by Gasteiger charge is 2.64. The Bertz CT molecular complexity index is 1240. The van der Waals surface area contributed by atoms with E-state index in [2.05, 4.69) is 24.5 Å². The van der Waals surface area contributed by atoms with E-state index in [1.807, 2.05) is 24.3 Å². The number of para-hydroxylation sites is 1. The first-order valence-electron chi connectivity index (χ1n) is 11.6. The summed E-state index contributed by atoms with van der Waals surface area (Å²) in [6, 6.07) is 19.5. The molecule has 6 heteroatoms. The van der Waals surface area contributed by atoms with Crippen molar-refractivity contribution in [2.24, 2.45) is 11.8 Å². The number of hydrogen-bond donors (Lipinski definition) is 3. The number of anilines is 1.